The van der Waals surface area contributed by atoms with Gasteiger partial charge in [0.1, 0.15) is 0 Å². The molecule has 0 fully saturated rings. The van der Waals surface area contributed by atoms with Crippen molar-refractivity contribution in [2.24, 2.45) is 0 Å². The Hall–Kier alpha value is 0.399. The molecule has 0 amide bonds. The van der Waals surface area contributed by atoms with Crippen LogP contribution in [-0.4, -0.2) is 25.5 Å². The molecular formula is C10H14Cl2OSn. The minimum absolute atomic E-state index is 0.540. The van der Waals surface area contributed by atoms with E-state index in [9.17, 15) is 0 Å². The van der Waals surface area contributed by atoms with Crippen LogP contribution in [0.5, 0.6) is 5.75 Å². The van der Waals surface area contributed by atoms with Crippen molar-refractivity contribution in [1.29, 1.82) is 0 Å². The molecule has 0 bridgehead atoms. The molecule has 0 unspecified atom stereocenters. The monoisotopic (exact) mass is 340 g/mol. The molecule has 1 aromatic carbocycles. The third kappa shape index (κ3) is 2.50. The van der Waals surface area contributed by atoms with E-state index in [1.54, 1.807) is 7.11 Å². The molecule has 0 saturated heterocycles. The van der Waals surface area contributed by atoms with Crippen molar-refractivity contribution in [1.82, 2.24) is 0 Å². The summed E-state index contributed by atoms with van der Waals surface area (Å²) in [6, 6.07) is 3.94. The SMILES string of the molecule is COc1cc[c]([Sn]([CH3])([CH3])[CH3])c(Cl)c1Cl. The van der Waals surface area contributed by atoms with Gasteiger partial charge in [-0.2, -0.15) is 0 Å². The van der Waals surface area contributed by atoms with E-state index in [1.807, 2.05) is 12.1 Å². The Balaban J connectivity index is 3.31. The van der Waals surface area contributed by atoms with Crippen molar-refractivity contribution < 1.29 is 4.74 Å². The molecule has 1 rings (SSSR count). The molecule has 0 spiro atoms. The van der Waals surface area contributed by atoms with Gasteiger partial charge in [0.2, 0.25) is 0 Å². The standard InChI is InChI=1S/C7H5Cl2O.3CH3.Sn/c1-10-6-4-2-3-5(8)7(6)9;;;;/h2,4H,1H3;3*1H3;. The molecule has 14 heavy (non-hydrogen) atoms. The number of benzene rings is 1. The van der Waals surface area contributed by atoms with Gasteiger partial charge in [-0.25, -0.2) is 0 Å². The first-order valence-electron chi connectivity index (χ1n) is 4.40. The van der Waals surface area contributed by atoms with E-state index in [1.165, 1.54) is 3.58 Å². The molecule has 0 heterocycles. The second kappa shape index (κ2) is 4.50. The van der Waals surface area contributed by atoms with Crippen molar-refractivity contribution in [3.8, 4) is 5.75 Å². The van der Waals surface area contributed by atoms with Crippen LogP contribution in [-0.2, 0) is 0 Å². The molecule has 78 valence electrons. The van der Waals surface area contributed by atoms with Crippen LogP contribution in [0.25, 0.3) is 0 Å². The maximum atomic E-state index is 6.20. The Bertz CT molecular complexity index is 345. The van der Waals surface area contributed by atoms with E-state index in [0.717, 1.165) is 0 Å². The van der Waals surface area contributed by atoms with Crippen molar-refractivity contribution in [3.05, 3.63) is 22.2 Å². The molecule has 0 N–H and O–H groups in total. The molecule has 1 nitrogen and oxygen atoms in total. The average Bonchev–Trinajstić information content (AvgIpc) is 2.07. The molecule has 0 atom stereocenters. The van der Waals surface area contributed by atoms with Gasteiger partial charge in [0.05, 0.1) is 0 Å². The molecule has 0 aliphatic rings. The fourth-order valence-corrected chi connectivity index (χ4v) is 7.70. The number of ether oxygens (including phenoxy) is 1. The Morgan fingerprint density at radius 3 is 2.07 bits per heavy atom. The Labute approximate surface area is 99.2 Å². The van der Waals surface area contributed by atoms with Crippen molar-refractivity contribution in [2.75, 3.05) is 7.11 Å². The van der Waals surface area contributed by atoms with Gasteiger partial charge < -0.3 is 0 Å². The van der Waals surface area contributed by atoms with Gasteiger partial charge in [-0.1, -0.05) is 0 Å². The quantitative estimate of drug-likeness (QED) is 0.749. The van der Waals surface area contributed by atoms with Gasteiger partial charge in [-0.3, -0.25) is 0 Å². The fraction of sp³-hybridized carbons (Fsp3) is 0.400. The molecular weight excluding hydrogens is 326 g/mol. The van der Waals surface area contributed by atoms with E-state index in [4.69, 9.17) is 27.9 Å². The summed E-state index contributed by atoms with van der Waals surface area (Å²) in [4.78, 5) is 6.91. The second-order valence-corrected chi connectivity index (χ2v) is 19.3. The average molecular weight is 340 g/mol. The summed E-state index contributed by atoms with van der Waals surface area (Å²) in [7, 11) is 1.59. The summed E-state index contributed by atoms with van der Waals surface area (Å²) in [5, 5.41) is 1.22. The molecule has 0 saturated carbocycles. The van der Waals surface area contributed by atoms with Crippen LogP contribution < -0.4 is 8.32 Å². The van der Waals surface area contributed by atoms with Crippen molar-refractivity contribution in [3.63, 3.8) is 0 Å². The molecule has 0 aliphatic carbocycles. The summed E-state index contributed by atoms with van der Waals surface area (Å²) >= 11 is 10.1. The number of methoxy groups -OCH3 is 1. The Morgan fingerprint density at radius 2 is 1.64 bits per heavy atom. The Morgan fingerprint density at radius 1 is 1.07 bits per heavy atom. The summed E-state index contributed by atoms with van der Waals surface area (Å²) in [5.41, 5.74) is 0. The van der Waals surface area contributed by atoms with E-state index in [0.29, 0.717) is 15.8 Å². The van der Waals surface area contributed by atoms with Crippen molar-refractivity contribution in [2.45, 2.75) is 14.8 Å². The zero-order valence-corrected chi connectivity index (χ0v) is 13.2. The number of hydrogen-bond donors (Lipinski definition) is 0. The van der Waals surface area contributed by atoms with E-state index < -0.39 is 18.4 Å². The summed E-state index contributed by atoms with van der Waals surface area (Å²) in [5.74, 6) is 0.649. The summed E-state index contributed by atoms with van der Waals surface area (Å²) < 4.78 is 6.34. The zero-order chi connectivity index (χ0) is 10.9. The fourth-order valence-electron chi connectivity index (χ4n) is 1.27. The van der Waals surface area contributed by atoms with Gasteiger partial charge in [-0.15, -0.1) is 0 Å². The van der Waals surface area contributed by atoms with Crippen LogP contribution in [0, 0.1) is 0 Å². The van der Waals surface area contributed by atoms with E-state index >= 15 is 0 Å². The normalized spacial score (nSPS) is 11.6. The number of halogens is 2. The van der Waals surface area contributed by atoms with Crippen molar-refractivity contribution >= 4 is 45.2 Å². The summed E-state index contributed by atoms with van der Waals surface area (Å²) in [6.45, 7) is 0. The first kappa shape index (κ1) is 12.5. The van der Waals surface area contributed by atoms with Gasteiger partial charge in [-0.05, 0) is 0 Å². The van der Waals surface area contributed by atoms with Crippen LogP contribution in [0.1, 0.15) is 0 Å². The van der Waals surface area contributed by atoms with E-state index in [2.05, 4.69) is 14.8 Å². The summed E-state index contributed by atoms with van der Waals surface area (Å²) in [6.07, 6.45) is 0. The first-order valence-corrected chi connectivity index (χ1v) is 15.1. The van der Waals surface area contributed by atoms with Gasteiger partial charge >= 0.3 is 99.8 Å². The van der Waals surface area contributed by atoms with Gasteiger partial charge in [0.15, 0.2) is 0 Å². The predicted molar refractivity (Wildman–Crippen MR) is 66.0 cm³/mol. The minimum atomic E-state index is -2.14. The third-order valence-electron chi connectivity index (χ3n) is 2.07. The molecule has 4 heteroatoms. The number of hydrogen-bond acceptors (Lipinski definition) is 1. The molecule has 1 aromatic rings. The molecule has 0 radical (unpaired) electrons. The number of rotatable bonds is 2. The van der Waals surface area contributed by atoms with Crippen LogP contribution in [0.3, 0.4) is 0 Å². The second-order valence-electron chi connectivity index (χ2n) is 4.19. The predicted octanol–water partition coefficient (Wildman–Crippen LogP) is 3.55. The molecule has 0 aromatic heterocycles. The molecule has 0 aliphatic heterocycles. The van der Waals surface area contributed by atoms with Gasteiger partial charge in [0.25, 0.3) is 0 Å². The van der Waals surface area contributed by atoms with Crippen LogP contribution in [0.4, 0.5) is 0 Å². The van der Waals surface area contributed by atoms with Crippen LogP contribution in [0.2, 0.25) is 24.9 Å². The van der Waals surface area contributed by atoms with Crippen LogP contribution >= 0.6 is 23.2 Å². The first-order chi connectivity index (χ1) is 6.38. The van der Waals surface area contributed by atoms with E-state index in [-0.39, 0.29) is 0 Å². The Kier molecular flexibility index (Phi) is 4.01. The maximum absolute atomic E-state index is 6.20. The van der Waals surface area contributed by atoms with Crippen LogP contribution in [0.15, 0.2) is 12.1 Å². The third-order valence-corrected chi connectivity index (χ3v) is 9.19. The van der Waals surface area contributed by atoms with Gasteiger partial charge in [0, 0.05) is 0 Å². The zero-order valence-electron chi connectivity index (χ0n) is 8.82. The topological polar surface area (TPSA) is 9.23 Å².